The largest absolute Gasteiger partial charge is 0.462 e. The number of dihydropyridines is 1. The third-order valence-corrected chi connectivity index (χ3v) is 6.50. The van der Waals surface area contributed by atoms with Gasteiger partial charge in [-0.15, -0.1) is 0 Å². The molecule has 1 aliphatic carbocycles. The first-order valence-corrected chi connectivity index (χ1v) is 11.3. The van der Waals surface area contributed by atoms with Gasteiger partial charge in [0, 0.05) is 35.7 Å². The number of ether oxygens (including phenoxy) is 1. The number of benzene rings is 1. The highest BCUT2D eigenvalue weighted by atomic mass is 32.1. The lowest BCUT2D eigenvalue weighted by Gasteiger charge is -2.39. The zero-order valence-corrected chi connectivity index (χ0v) is 18.5. The molecule has 5 heteroatoms. The van der Waals surface area contributed by atoms with Crippen LogP contribution in [0.5, 0.6) is 0 Å². The lowest BCUT2D eigenvalue weighted by atomic mass is 9.69. The minimum Gasteiger partial charge on any atom is -0.462 e. The van der Waals surface area contributed by atoms with Gasteiger partial charge in [0.05, 0.1) is 12.2 Å². The third-order valence-electron chi connectivity index (χ3n) is 5.80. The molecule has 0 saturated carbocycles. The van der Waals surface area contributed by atoms with Crippen LogP contribution in [0.3, 0.4) is 0 Å². The smallest absolute Gasteiger partial charge is 0.336 e. The Kier molecular flexibility index (Phi) is 5.65. The molecule has 1 atom stereocenters. The number of nitrogens with one attached hydrogen (secondary N) is 1. The number of allylic oxidation sites excluding steroid dienone is 3. The number of carbonyl (C=O) groups excluding carboxylic acids is 2. The zero-order valence-electron chi connectivity index (χ0n) is 17.7. The van der Waals surface area contributed by atoms with Crippen LogP contribution in [-0.2, 0) is 20.7 Å². The molecule has 1 aromatic carbocycles. The lowest BCUT2D eigenvalue weighted by Crippen LogP contribution is -2.38. The van der Waals surface area contributed by atoms with E-state index in [-0.39, 0.29) is 23.1 Å². The van der Waals surface area contributed by atoms with Gasteiger partial charge >= 0.3 is 5.97 Å². The molecule has 0 bridgehead atoms. The Morgan fingerprint density at radius 3 is 2.67 bits per heavy atom. The summed E-state index contributed by atoms with van der Waals surface area (Å²) in [6.45, 7) is 6.44. The maximum absolute atomic E-state index is 13.2. The summed E-state index contributed by atoms with van der Waals surface area (Å²) in [6, 6.07) is 12.0. The van der Waals surface area contributed by atoms with Crippen molar-refractivity contribution in [2.75, 3.05) is 6.61 Å². The molecule has 4 rings (SSSR count). The van der Waals surface area contributed by atoms with E-state index >= 15 is 0 Å². The zero-order chi connectivity index (χ0) is 21.3. The molecular formula is C25H27NO3S. The summed E-state index contributed by atoms with van der Waals surface area (Å²) in [4.78, 5) is 26.3. The lowest BCUT2D eigenvalue weighted by molar-refractivity contribution is -0.139. The summed E-state index contributed by atoms with van der Waals surface area (Å²) in [5.74, 6) is -0.594. The van der Waals surface area contributed by atoms with E-state index in [9.17, 15) is 9.59 Å². The third kappa shape index (κ3) is 4.12. The molecule has 1 aromatic heterocycles. The predicted molar refractivity (Wildman–Crippen MR) is 119 cm³/mol. The Morgan fingerprint density at radius 2 is 1.97 bits per heavy atom. The topological polar surface area (TPSA) is 55.4 Å². The van der Waals surface area contributed by atoms with E-state index in [1.54, 1.807) is 11.3 Å². The molecule has 0 amide bonds. The molecule has 1 unspecified atom stereocenters. The van der Waals surface area contributed by atoms with Crippen molar-refractivity contribution in [1.82, 2.24) is 5.32 Å². The molecule has 1 aliphatic heterocycles. The molecule has 0 radical (unpaired) electrons. The Morgan fingerprint density at radius 1 is 1.20 bits per heavy atom. The molecule has 30 heavy (non-hydrogen) atoms. The highest BCUT2D eigenvalue weighted by Crippen LogP contribution is 2.47. The van der Waals surface area contributed by atoms with Gasteiger partial charge in [-0.05, 0) is 46.7 Å². The highest BCUT2D eigenvalue weighted by molar-refractivity contribution is 7.08. The van der Waals surface area contributed by atoms with Crippen LogP contribution in [0.4, 0.5) is 0 Å². The van der Waals surface area contributed by atoms with Crippen LogP contribution in [0.25, 0.3) is 0 Å². The quantitative estimate of drug-likeness (QED) is 0.680. The van der Waals surface area contributed by atoms with Crippen molar-refractivity contribution in [2.24, 2.45) is 5.41 Å². The van der Waals surface area contributed by atoms with E-state index in [2.05, 4.69) is 19.2 Å². The van der Waals surface area contributed by atoms with E-state index in [0.29, 0.717) is 25.0 Å². The maximum atomic E-state index is 13.2. The Labute approximate surface area is 181 Å². The van der Waals surface area contributed by atoms with Crippen molar-refractivity contribution < 1.29 is 14.3 Å². The first kappa shape index (κ1) is 20.6. The maximum Gasteiger partial charge on any atom is 0.336 e. The number of hydrogen-bond donors (Lipinski definition) is 1. The standard InChI is InChI=1S/C25H27NO3S/c1-16-21(24(28)29-11-9-17-7-5-4-6-8-17)22(18-10-12-30-15-18)23-19(26-16)13-25(2,3)14-20(23)27/h4-8,10,12,15,22,26H,9,11,13-14H2,1-3H3. The summed E-state index contributed by atoms with van der Waals surface area (Å²) in [7, 11) is 0. The fraction of sp³-hybridized carbons (Fsp3) is 0.360. The summed E-state index contributed by atoms with van der Waals surface area (Å²) < 4.78 is 5.67. The van der Waals surface area contributed by atoms with E-state index < -0.39 is 0 Å². The molecule has 1 N–H and O–H groups in total. The first-order valence-electron chi connectivity index (χ1n) is 10.3. The van der Waals surface area contributed by atoms with Gasteiger partial charge in [0.1, 0.15) is 0 Å². The Balaban J connectivity index is 1.61. The fourth-order valence-electron chi connectivity index (χ4n) is 4.46. The summed E-state index contributed by atoms with van der Waals surface area (Å²) >= 11 is 1.57. The number of hydrogen-bond acceptors (Lipinski definition) is 5. The van der Waals surface area contributed by atoms with Crippen LogP contribution in [-0.4, -0.2) is 18.4 Å². The van der Waals surface area contributed by atoms with Gasteiger partial charge < -0.3 is 10.1 Å². The van der Waals surface area contributed by atoms with E-state index in [4.69, 9.17) is 4.74 Å². The number of rotatable bonds is 5. The van der Waals surface area contributed by atoms with Crippen molar-refractivity contribution in [1.29, 1.82) is 0 Å². The van der Waals surface area contributed by atoms with Gasteiger partial charge in [-0.2, -0.15) is 11.3 Å². The summed E-state index contributed by atoms with van der Waals surface area (Å²) in [5.41, 5.74) is 5.03. The van der Waals surface area contributed by atoms with Crippen molar-refractivity contribution >= 4 is 23.1 Å². The molecular weight excluding hydrogens is 394 g/mol. The molecule has 0 spiro atoms. The Hall–Kier alpha value is -2.66. The first-order chi connectivity index (χ1) is 14.4. The number of ketones is 1. The highest BCUT2D eigenvalue weighted by Gasteiger charge is 2.43. The van der Waals surface area contributed by atoms with Gasteiger partial charge in [0.15, 0.2) is 5.78 Å². The van der Waals surface area contributed by atoms with Crippen LogP contribution in [0, 0.1) is 5.41 Å². The monoisotopic (exact) mass is 421 g/mol. The van der Waals surface area contributed by atoms with E-state index in [1.165, 1.54) is 0 Å². The second-order valence-electron chi connectivity index (χ2n) is 8.86. The molecule has 2 heterocycles. The molecule has 2 aromatic rings. The van der Waals surface area contributed by atoms with Crippen molar-refractivity contribution in [2.45, 2.75) is 46.0 Å². The Bertz CT molecular complexity index is 1020. The predicted octanol–water partition coefficient (Wildman–Crippen LogP) is 5.14. The second-order valence-corrected chi connectivity index (χ2v) is 9.64. The van der Waals surface area contributed by atoms with E-state index in [0.717, 1.165) is 34.5 Å². The average Bonchev–Trinajstić information content (AvgIpc) is 3.21. The molecule has 4 nitrogen and oxygen atoms in total. The number of Topliss-reactive ketones (excluding diaryl/α,β-unsaturated/α-hetero) is 1. The van der Waals surface area contributed by atoms with Crippen molar-refractivity contribution in [3.8, 4) is 0 Å². The van der Waals surface area contributed by atoms with Crippen LogP contribution < -0.4 is 5.32 Å². The normalized spacial score (nSPS) is 20.6. The minimum absolute atomic E-state index is 0.0872. The van der Waals surface area contributed by atoms with E-state index in [1.807, 2.05) is 54.1 Å². The number of carbonyl (C=O) groups is 2. The minimum atomic E-state index is -0.361. The number of thiophene rings is 1. The molecule has 0 saturated heterocycles. The number of esters is 1. The van der Waals surface area contributed by atoms with Crippen molar-refractivity contribution in [3.05, 3.63) is 80.8 Å². The van der Waals surface area contributed by atoms with Crippen molar-refractivity contribution in [3.63, 3.8) is 0 Å². The van der Waals surface area contributed by atoms with Crippen LogP contribution >= 0.6 is 11.3 Å². The second kappa shape index (κ2) is 8.23. The van der Waals surface area contributed by atoms with Gasteiger partial charge in [0.25, 0.3) is 0 Å². The van der Waals surface area contributed by atoms with Crippen LogP contribution in [0.1, 0.15) is 50.7 Å². The van der Waals surface area contributed by atoms with Gasteiger partial charge in [0.2, 0.25) is 0 Å². The summed E-state index contributed by atoms with van der Waals surface area (Å²) in [6.07, 6.45) is 1.95. The summed E-state index contributed by atoms with van der Waals surface area (Å²) in [5, 5.41) is 7.39. The van der Waals surface area contributed by atoms with Crippen LogP contribution in [0.15, 0.2) is 69.7 Å². The van der Waals surface area contributed by atoms with Gasteiger partial charge in [-0.25, -0.2) is 4.79 Å². The average molecular weight is 422 g/mol. The van der Waals surface area contributed by atoms with Gasteiger partial charge in [-0.3, -0.25) is 4.79 Å². The fourth-order valence-corrected chi connectivity index (χ4v) is 5.15. The SMILES string of the molecule is CC1=C(C(=O)OCCc2ccccc2)C(c2ccsc2)C2=C(CC(C)(C)CC2=O)N1. The molecule has 2 aliphatic rings. The van der Waals surface area contributed by atoms with Gasteiger partial charge in [-0.1, -0.05) is 44.2 Å². The molecule has 0 fully saturated rings. The van der Waals surface area contributed by atoms with Crippen LogP contribution in [0.2, 0.25) is 0 Å². The molecule has 156 valence electrons.